The quantitative estimate of drug-likeness (QED) is 0.646. The van der Waals surface area contributed by atoms with Crippen molar-refractivity contribution in [3.8, 4) is 0 Å². The maximum Gasteiger partial charge on any atom is 0.336 e. The molecule has 0 unspecified atom stereocenters. The summed E-state index contributed by atoms with van der Waals surface area (Å²) < 4.78 is 5.27. The maximum atomic E-state index is 12.9. The molecule has 2 heterocycles. The van der Waals surface area contributed by atoms with Crippen LogP contribution in [0.1, 0.15) is 39.9 Å². The van der Waals surface area contributed by atoms with E-state index in [1.807, 2.05) is 56.0 Å². The lowest BCUT2D eigenvalue weighted by molar-refractivity contribution is -0.121. The minimum atomic E-state index is -0.381. The molecule has 0 saturated carbocycles. The lowest BCUT2D eigenvalue weighted by Crippen LogP contribution is -2.41. The van der Waals surface area contributed by atoms with Gasteiger partial charge in [0.25, 0.3) is 5.91 Å². The number of nitrogens with one attached hydrogen (secondary N) is 1. The Hall–Kier alpha value is -3.41. The van der Waals surface area contributed by atoms with E-state index in [0.29, 0.717) is 37.2 Å². The van der Waals surface area contributed by atoms with Crippen LogP contribution in [0, 0.1) is 26.7 Å². The second-order valence-corrected chi connectivity index (χ2v) is 8.28. The second kappa shape index (κ2) is 8.38. The summed E-state index contributed by atoms with van der Waals surface area (Å²) in [6.07, 6.45) is 1.26. The van der Waals surface area contributed by atoms with Crippen molar-refractivity contribution >= 4 is 28.5 Å². The van der Waals surface area contributed by atoms with Crippen molar-refractivity contribution < 1.29 is 14.0 Å². The number of hydrogen-bond donors (Lipinski definition) is 1. The van der Waals surface area contributed by atoms with Gasteiger partial charge in [0, 0.05) is 41.7 Å². The smallest absolute Gasteiger partial charge is 0.336 e. The van der Waals surface area contributed by atoms with E-state index in [0.717, 1.165) is 27.6 Å². The number of nitrogens with zero attached hydrogens (tertiary/aromatic N) is 1. The molecule has 6 nitrogen and oxygen atoms in total. The topological polar surface area (TPSA) is 79.6 Å². The minimum Gasteiger partial charge on any atom is -0.423 e. The molecule has 1 saturated heterocycles. The molecule has 2 amide bonds. The van der Waals surface area contributed by atoms with Crippen molar-refractivity contribution in [1.29, 1.82) is 0 Å². The van der Waals surface area contributed by atoms with Gasteiger partial charge in [0.05, 0.1) is 0 Å². The SMILES string of the molecule is Cc1cc2oc(=O)cc(C)c2cc1NC(=O)C1CCN(C(=O)c2ccccc2C)CC1. The Morgan fingerprint density at radius 2 is 1.68 bits per heavy atom. The fraction of sp³-hybridized carbons (Fsp3) is 0.320. The van der Waals surface area contributed by atoms with Crippen LogP contribution in [0.3, 0.4) is 0 Å². The van der Waals surface area contributed by atoms with Crippen molar-refractivity contribution in [3.63, 3.8) is 0 Å². The molecule has 0 radical (unpaired) electrons. The third kappa shape index (κ3) is 4.24. The number of likely N-dealkylation sites (tertiary alicyclic amines) is 1. The number of fused-ring (bicyclic) bond motifs is 1. The molecule has 1 N–H and O–H groups in total. The number of carbonyl (C=O) groups excluding carboxylic acids is 2. The number of benzene rings is 2. The van der Waals surface area contributed by atoms with Crippen molar-refractivity contribution in [1.82, 2.24) is 4.90 Å². The lowest BCUT2D eigenvalue weighted by atomic mass is 9.94. The molecule has 1 aliphatic heterocycles. The van der Waals surface area contributed by atoms with E-state index in [2.05, 4.69) is 5.32 Å². The third-order valence-electron chi connectivity index (χ3n) is 6.08. The van der Waals surface area contributed by atoms with Gasteiger partial charge in [-0.1, -0.05) is 18.2 Å². The first-order valence-electron chi connectivity index (χ1n) is 10.5. The van der Waals surface area contributed by atoms with Crippen molar-refractivity contribution in [3.05, 3.63) is 75.1 Å². The van der Waals surface area contributed by atoms with Gasteiger partial charge in [0.15, 0.2) is 0 Å². The summed E-state index contributed by atoms with van der Waals surface area (Å²) in [6, 6.07) is 12.7. The first-order chi connectivity index (χ1) is 14.8. The molecule has 31 heavy (non-hydrogen) atoms. The molecule has 6 heteroatoms. The second-order valence-electron chi connectivity index (χ2n) is 8.28. The molecule has 1 aliphatic rings. The number of carbonyl (C=O) groups is 2. The summed E-state index contributed by atoms with van der Waals surface area (Å²) in [7, 11) is 0. The number of hydrogen-bond acceptors (Lipinski definition) is 4. The molecular weight excluding hydrogens is 392 g/mol. The standard InChI is InChI=1S/C25H26N2O4/c1-15-6-4-5-7-19(15)25(30)27-10-8-18(9-11-27)24(29)26-21-14-20-16(2)13-23(28)31-22(20)12-17(21)3/h4-7,12-14,18H,8-11H2,1-3H3,(H,26,29). The maximum absolute atomic E-state index is 12.9. The fourth-order valence-corrected chi connectivity index (χ4v) is 4.16. The zero-order valence-corrected chi connectivity index (χ0v) is 18.0. The third-order valence-corrected chi connectivity index (χ3v) is 6.08. The van der Waals surface area contributed by atoms with Crippen LogP contribution >= 0.6 is 0 Å². The van der Waals surface area contributed by atoms with Crippen LogP contribution in [0.25, 0.3) is 11.0 Å². The Balaban J connectivity index is 1.44. The van der Waals surface area contributed by atoms with Gasteiger partial charge in [-0.2, -0.15) is 0 Å². The summed E-state index contributed by atoms with van der Waals surface area (Å²) in [5.74, 6) is -0.161. The molecule has 160 valence electrons. The highest BCUT2D eigenvalue weighted by Gasteiger charge is 2.28. The summed E-state index contributed by atoms with van der Waals surface area (Å²) in [5, 5.41) is 3.84. The van der Waals surface area contributed by atoms with Gasteiger partial charge in [0.2, 0.25) is 5.91 Å². The van der Waals surface area contributed by atoms with Crippen LogP contribution in [0.15, 0.2) is 51.7 Å². The average molecular weight is 418 g/mol. The Bertz CT molecular complexity index is 1220. The number of anilines is 1. The first-order valence-corrected chi connectivity index (χ1v) is 10.5. The normalized spacial score (nSPS) is 14.6. The predicted octanol–water partition coefficient (Wildman–Crippen LogP) is 4.21. The average Bonchev–Trinajstić information content (AvgIpc) is 2.74. The monoisotopic (exact) mass is 418 g/mol. The van der Waals surface area contributed by atoms with Crippen LogP contribution in [0.2, 0.25) is 0 Å². The van der Waals surface area contributed by atoms with E-state index >= 15 is 0 Å². The summed E-state index contributed by atoms with van der Waals surface area (Å²) >= 11 is 0. The zero-order chi connectivity index (χ0) is 22.1. The van der Waals surface area contributed by atoms with Crippen LogP contribution in [-0.4, -0.2) is 29.8 Å². The first kappa shape index (κ1) is 20.8. The molecule has 1 fully saturated rings. The number of rotatable bonds is 3. The van der Waals surface area contributed by atoms with E-state index in [9.17, 15) is 14.4 Å². The van der Waals surface area contributed by atoms with E-state index in [4.69, 9.17) is 4.42 Å². The summed E-state index contributed by atoms with van der Waals surface area (Å²) in [6.45, 7) is 6.78. The van der Waals surface area contributed by atoms with Crippen molar-refractivity contribution in [2.75, 3.05) is 18.4 Å². The largest absolute Gasteiger partial charge is 0.423 e. The molecule has 0 bridgehead atoms. The Labute approximate surface area is 180 Å². The summed E-state index contributed by atoms with van der Waals surface area (Å²) in [4.78, 5) is 39.2. The van der Waals surface area contributed by atoms with E-state index in [1.54, 1.807) is 6.07 Å². The number of piperidine rings is 1. The van der Waals surface area contributed by atoms with Gasteiger partial charge in [-0.15, -0.1) is 0 Å². The minimum absolute atomic E-state index is 0.0271. The van der Waals surface area contributed by atoms with Crippen molar-refractivity contribution in [2.24, 2.45) is 5.92 Å². The lowest BCUT2D eigenvalue weighted by Gasteiger charge is -2.31. The van der Waals surface area contributed by atoms with Crippen LogP contribution in [-0.2, 0) is 4.79 Å². The van der Waals surface area contributed by atoms with Gasteiger partial charge in [0.1, 0.15) is 5.58 Å². The molecule has 0 aliphatic carbocycles. The van der Waals surface area contributed by atoms with Gasteiger partial charge in [-0.05, 0) is 68.5 Å². The molecule has 0 atom stereocenters. The highest BCUT2D eigenvalue weighted by Crippen LogP contribution is 2.27. The molecule has 2 aromatic carbocycles. The Morgan fingerprint density at radius 3 is 2.39 bits per heavy atom. The number of aryl methyl sites for hydroxylation is 3. The Kier molecular flexibility index (Phi) is 5.63. The van der Waals surface area contributed by atoms with Crippen LogP contribution < -0.4 is 10.9 Å². The number of amides is 2. The molecule has 1 aromatic heterocycles. The van der Waals surface area contributed by atoms with E-state index in [1.165, 1.54) is 6.07 Å². The van der Waals surface area contributed by atoms with E-state index in [-0.39, 0.29) is 23.4 Å². The van der Waals surface area contributed by atoms with Crippen molar-refractivity contribution in [2.45, 2.75) is 33.6 Å². The van der Waals surface area contributed by atoms with Crippen LogP contribution in [0.5, 0.6) is 0 Å². The summed E-state index contributed by atoms with van der Waals surface area (Å²) in [5.41, 5.74) is 4.18. The predicted molar refractivity (Wildman–Crippen MR) is 120 cm³/mol. The highest BCUT2D eigenvalue weighted by molar-refractivity contribution is 5.97. The van der Waals surface area contributed by atoms with Gasteiger partial charge < -0.3 is 14.6 Å². The van der Waals surface area contributed by atoms with Gasteiger partial charge >= 0.3 is 5.63 Å². The van der Waals surface area contributed by atoms with Crippen LogP contribution in [0.4, 0.5) is 5.69 Å². The molecule has 4 rings (SSSR count). The molecular formula is C25H26N2O4. The highest BCUT2D eigenvalue weighted by atomic mass is 16.4. The fourth-order valence-electron chi connectivity index (χ4n) is 4.16. The zero-order valence-electron chi connectivity index (χ0n) is 18.0. The molecule has 0 spiro atoms. The van der Waals surface area contributed by atoms with Gasteiger partial charge in [-0.25, -0.2) is 4.79 Å². The molecule has 3 aromatic rings. The Morgan fingerprint density at radius 1 is 0.968 bits per heavy atom. The van der Waals surface area contributed by atoms with Gasteiger partial charge in [-0.3, -0.25) is 9.59 Å². The van der Waals surface area contributed by atoms with E-state index < -0.39 is 0 Å².